The molecule has 10 aromatic rings. The minimum Gasteiger partial charge on any atom is -0.0622 e. The zero-order valence-corrected chi connectivity index (χ0v) is 29.8. The van der Waals surface area contributed by atoms with Gasteiger partial charge in [-0.2, -0.15) is 0 Å². The minimum atomic E-state index is 1.21. The largest absolute Gasteiger partial charge is 0.0622 e. The molecule has 0 saturated heterocycles. The Balaban J connectivity index is 1.19. The Morgan fingerprint density at radius 3 is 0.870 bits per heavy atom. The van der Waals surface area contributed by atoms with Gasteiger partial charge in [-0.25, -0.2) is 0 Å². The van der Waals surface area contributed by atoms with E-state index in [1.165, 1.54) is 99.1 Å². The molecule has 0 fully saturated rings. The fourth-order valence-corrected chi connectivity index (χ4v) is 8.17. The molecular formula is C54H36. The van der Waals surface area contributed by atoms with Crippen LogP contribution < -0.4 is 0 Å². The SMILES string of the molecule is c1ccc(-c2ccc3ccc(-c4ccc5c(-c6ccccc6)c(-c6ccc7ccc(-c8ccccc8)cc7c6)ccc5c4-c4ccccc4)cc3c2)cc1. The normalized spacial score (nSPS) is 11.3. The quantitative estimate of drug-likeness (QED) is 0.164. The molecule has 0 spiro atoms. The Hall–Kier alpha value is -7.02. The Bertz CT molecular complexity index is 2740. The highest BCUT2D eigenvalue weighted by Crippen LogP contribution is 2.45. The Labute approximate surface area is 316 Å². The molecule has 0 radical (unpaired) electrons. The van der Waals surface area contributed by atoms with Crippen LogP contribution in [0.15, 0.2) is 218 Å². The van der Waals surface area contributed by atoms with Crippen molar-refractivity contribution in [2.24, 2.45) is 0 Å². The fourth-order valence-electron chi connectivity index (χ4n) is 8.17. The van der Waals surface area contributed by atoms with Crippen molar-refractivity contribution in [3.63, 3.8) is 0 Å². The minimum absolute atomic E-state index is 1.21. The van der Waals surface area contributed by atoms with Crippen LogP contribution in [0.3, 0.4) is 0 Å². The first kappa shape index (κ1) is 31.7. The van der Waals surface area contributed by atoms with E-state index in [2.05, 4.69) is 218 Å². The zero-order chi connectivity index (χ0) is 35.8. The van der Waals surface area contributed by atoms with E-state index in [9.17, 15) is 0 Å². The molecular weight excluding hydrogens is 649 g/mol. The number of benzene rings is 10. The van der Waals surface area contributed by atoms with Crippen molar-refractivity contribution in [3.05, 3.63) is 218 Å². The third kappa shape index (κ3) is 5.75. The molecule has 54 heavy (non-hydrogen) atoms. The lowest BCUT2D eigenvalue weighted by atomic mass is 9.83. The van der Waals surface area contributed by atoms with E-state index >= 15 is 0 Å². The van der Waals surface area contributed by atoms with Crippen LogP contribution in [-0.4, -0.2) is 0 Å². The molecule has 0 heterocycles. The zero-order valence-electron chi connectivity index (χ0n) is 29.8. The van der Waals surface area contributed by atoms with Crippen molar-refractivity contribution < 1.29 is 0 Å². The standard InChI is InChI=1S/C54H36/c1-5-13-37(14-6-1)43-25-21-39-23-27-45(35-47(39)33-43)49-29-31-52-51(53(49)41-17-9-3-10-18-41)32-30-50(54(52)42-19-11-4-12-20-42)46-28-24-40-22-26-44(34-48(40)36-46)38-15-7-2-8-16-38/h1-36H. The Kier molecular flexibility index (Phi) is 7.93. The van der Waals surface area contributed by atoms with Crippen LogP contribution in [-0.2, 0) is 0 Å². The Morgan fingerprint density at radius 1 is 0.185 bits per heavy atom. The lowest BCUT2D eigenvalue weighted by Gasteiger charge is -2.20. The van der Waals surface area contributed by atoms with Gasteiger partial charge in [-0.05, 0) is 123 Å². The molecule has 0 nitrogen and oxygen atoms in total. The van der Waals surface area contributed by atoms with Crippen LogP contribution >= 0.6 is 0 Å². The summed E-state index contributed by atoms with van der Waals surface area (Å²) in [5.41, 5.74) is 14.7. The van der Waals surface area contributed by atoms with Gasteiger partial charge >= 0.3 is 0 Å². The highest BCUT2D eigenvalue weighted by atomic mass is 14.2. The van der Waals surface area contributed by atoms with Crippen molar-refractivity contribution >= 4 is 32.3 Å². The molecule has 0 aliphatic heterocycles. The van der Waals surface area contributed by atoms with E-state index < -0.39 is 0 Å². The molecule has 0 amide bonds. The van der Waals surface area contributed by atoms with Gasteiger partial charge in [-0.15, -0.1) is 0 Å². The maximum absolute atomic E-state index is 2.36. The Morgan fingerprint density at radius 2 is 0.500 bits per heavy atom. The average molecular weight is 685 g/mol. The van der Waals surface area contributed by atoms with Gasteiger partial charge < -0.3 is 0 Å². The molecule has 0 atom stereocenters. The van der Waals surface area contributed by atoms with Crippen molar-refractivity contribution in [2.75, 3.05) is 0 Å². The first-order valence-electron chi connectivity index (χ1n) is 18.7. The molecule has 0 aromatic heterocycles. The highest BCUT2D eigenvalue weighted by molar-refractivity contribution is 6.13. The summed E-state index contributed by atoms with van der Waals surface area (Å²) in [4.78, 5) is 0. The predicted octanol–water partition coefficient (Wildman–Crippen LogP) is 15.1. The van der Waals surface area contributed by atoms with Gasteiger partial charge in [0.25, 0.3) is 0 Å². The summed E-state index contributed by atoms with van der Waals surface area (Å²) in [6.45, 7) is 0. The van der Waals surface area contributed by atoms with Gasteiger partial charge in [0.05, 0.1) is 0 Å². The number of hydrogen-bond donors (Lipinski definition) is 0. The van der Waals surface area contributed by atoms with Crippen LogP contribution in [0.5, 0.6) is 0 Å². The third-order valence-electron chi connectivity index (χ3n) is 10.8. The van der Waals surface area contributed by atoms with E-state index in [1.54, 1.807) is 0 Å². The van der Waals surface area contributed by atoms with Crippen molar-refractivity contribution in [3.8, 4) is 66.8 Å². The van der Waals surface area contributed by atoms with Gasteiger partial charge in [0.1, 0.15) is 0 Å². The molecule has 10 rings (SSSR count). The molecule has 0 N–H and O–H groups in total. The predicted molar refractivity (Wildman–Crippen MR) is 232 cm³/mol. The summed E-state index contributed by atoms with van der Waals surface area (Å²) in [6, 6.07) is 79.8. The van der Waals surface area contributed by atoms with E-state index in [0.717, 1.165) is 0 Å². The van der Waals surface area contributed by atoms with Crippen LogP contribution in [0.2, 0.25) is 0 Å². The van der Waals surface area contributed by atoms with Crippen LogP contribution in [0, 0.1) is 0 Å². The van der Waals surface area contributed by atoms with Crippen molar-refractivity contribution in [1.29, 1.82) is 0 Å². The summed E-state index contributed by atoms with van der Waals surface area (Å²) < 4.78 is 0. The molecule has 0 aliphatic rings. The number of hydrogen-bond acceptors (Lipinski definition) is 0. The summed E-state index contributed by atoms with van der Waals surface area (Å²) in [5, 5.41) is 7.43. The second-order valence-corrected chi connectivity index (χ2v) is 14.1. The average Bonchev–Trinajstić information content (AvgIpc) is 3.26. The summed E-state index contributed by atoms with van der Waals surface area (Å²) in [5.74, 6) is 0. The van der Waals surface area contributed by atoms with Crippen LogP contribution in [0.1, 0.15) is 0 Å². The second-order valence-electron chi connectivity index (χ2n) is 14.1. The van der Waals surface area contributed by atoms with E-state index in [0.29, 0.717) is 0 Å². The molecule has 0 bridgehead atoms. The molecule has 0 unspecified atom stereocenters. The molecule has 252 valence electrons. The topological polar surface area (TPSA) is 0 Å². The first-order valence-corrected chi connectivity index (χ1v) is 18.7. The van der Waals surface area contributed by atoms with E-state index in [-0.39, 0.29) is 0 Å². The fraction of sp³-hybridized carbons (Fsp3) is 0. The first-order chi connectivity index (χ1) is 26.8. The van der Waals surface area contributed by atoms with Gasteiger partial charge in [0, 0.05) is 0 Å². The van der Waals surface area contributed by atoms with Gasteiger partial charge in [-0.1, -0.05) is 194 Å². The smallest absolute Gasteiger partial charge is 0.00266 e. The molecule has 0 aliphatic carbocycles. The third-order valence-corrected chi connectivity index (χ3v) is 10.8. The van der Waals surface area contributed by atoms with Gasteiger partial charge in [0.15, 0.2) is 0 Å². The van der Waals surface area contributed by atoms with Crippen molar-refractivity contribution in [2.45, 2.75) is 0 Å². The number of rotatable bonds is 6. The summed E-state index contributed by atoms with van der Waals surface area (Å²) in [6.07, 6.45) is 0. The van der Waals surface area contributed by atoms with Crippen molar-refractivity contribution in [1.82, 2.24) is 0 Å². The maximum atomic E-state index is 2.36. The summed E-state index contributed by atoms with van der Waals surface area (Å²) >= 11 is 0. The van der Waals surface area contributed by atoms with Gasteiger partial charge in [-0.3, -0.25) is 0 Å². The molecule has 0 saturated carbocycles. The lowest BCUT2D eigenvalue weighted by Crippen LogP contribution is -1.93. The van der Waals surface area contributed by atoms with Crippen LogP contribution in [0.4, 0.5) is 0 Å². The van der Waals surface area contributed by atoms with E-state index in [4.69, 9.17) is 0 Å². The lowest BCUT2D eigenvalue weighted by molar-refractivity contribution is 1.59. The van der Waals surface area contributed by atoms with E-state index in [1.807, 2.05) is 0 Å². The van der Waals surface area contributed by atoms with Crippen LogP contribution in [0.25, 0.3) is 99.1 Å². The molecule has 10 aromatic carbocycles. The summed E-state index contributed by atoms with van der Waals surface area (Å²) in [7, 11) is 0. The molecule has 0 heteroatoms. The maximum Gasteiger partial charge on any atom is -0.00266 e. The van der Waals surface area contributed by atoms with Gasteiger partial charge in [0.2, 0.25) is 0 Å². The number of fused-ring (bicyclic) bond motifs is 3. The second kappa shape index (κ2) is 13.5. The monoisotopic (exact) mass is 684 g/mol. The highest BCUT2D eigenvalue weighted by Gasteiger charge is 2.18.